The maximum atomic E-state index is 2.42. The molecule has 0 unspecified atom stereocenters. The molecule has 44 valence electrons. The van der Waals surface area contributed by atoms with E-state index in [0.29, 0.717) is 0 Å². The van der Waals surface area contributed by atoms with Crippen LogP contribution in [0.2, 0.25) is 5.82 Å². The minimum Gasteiger partial charge on any atom is -0.0667 e. The lowest BCUT2D eigenvalue weighted by Gasteiger charge is -2.15. The lowest BCUT2D eigenvalue weighted by Crippen LogP contribution is -2.02. The first-order valence-electron chi connectivity index (χ1n) is 3.86. The van der Waals surface area contributed by atoms with Gasteiger partial charge in [-0.15, -0.1) is 0 Å². The fourth-order valence-electron chi connectivity index (χ4n) is 2.56. The van der Waals surface area contributed by atoms with Gasteiger partial charge >= 0.3 is 0 Å². The van der Waals surface area contributed by atoms with E-state index in [4.69, 9.17) is 0 Å². The maximum Gasteiger partial charge on any atom is 0.105 e. The van der Waals surface area contributed by atoms with Crippen LogP contribution in [0.3, 0.4) is 0 Å². The highest BCUT2D eigenvalue weighted by Gasteiger charge is 2.36. The van der Waals surface area contributed by atoms with Gasteiger partial charge in [0, 0.05) is 0 Å². The summed E-state index contributed by atoms with van der Waals surface area (Å²) in [5.74, 6) is 3.36. The molecule has 2 fully saturated rings. The Morgan fingerprint density at radius 1 is 1.12 bits per heavy atom. The van der Waals surface area contributed by atoms with Gasteiger partial charge in [0.2, 0.25) is 0 Å². The molecule has 2 rings (SSSR count). The summed E-state index contributed by atoms with van der Waals surface area (Å²) >= 11 is 0. The fraction of sp³-hybridized carbons (Fsp3) is 1.00. The molecule has 2 saturated carbocycles. The van der Waals surface area contributed by atoms with E-state index in [2.05, 4.69) is 7.85 Å². The predicted octanol–water partition coefficient (Wildman–Crippen LogP) is 1.23. The van der Waals surface area contributed by atoms with Crippen LogP contribution >= 0.6 is 0 Å². The second-order valence-electron chi connectivity index (χ2n) is 3.65. The third kappa shape index (κ3) is 0.534. The van der Waals surface area contributed by atoms with E-state index < -0.39 is 0 Å². The van der Waals surface area contributed by atoms with Gasteiger partial charge < -0.3 is 0 Å². The molecule has 0 aromatic heterocycles. The molecule has 0 spiro atoms. The van der Waals surface area contributed by atoms with Gasteiger partial charge in [-0.05, 0) is 18.3 Å². The van der Waals surface area contributed by atoms with Crippen molar-refractivity contribution in [3.63, 3.8) is 0 Å². The first kappa shape index (κ1) is 4.90. The summed E-state index contributed by atoms with van der Waals surface area (Å²) in [5, 5.41) is 0. The number of hydrogen-bond acceptors (Lipinski definition) is 0. The summed E-state index contributed by atoms with van der Waals surface area (Å²) in [6.07, 6.45) is 6.21. The van der Waals surface area contributed by atoms with Crippen LogP contribution in [0.5, 0.6) is 0 Å². The molecule has 0 radical (unpaired) electrons. The molecule has 0 nitrogen and oxygen atoms in total. The van der Waals surface area contributed by atoms with Gasteiger partial charge in [-0.1, -0.05) is 25.1 Å². The quantitative estimate of drug-likeness (QED) is 0.409. The van der Waals surface area contributed by atoms with Gasteiger partial charge in [-0.25, -0.2) is 0 Å². The second kappa shape index (κ2) is 1.52. The van der Waals surface area contributed by atoms with Gasteiger partial charge in [0.1, 0.15) is 7.85 Å². The van der Waals surface area contributed by atoms with E-state index >= 15 is 0 Å². The van der Waals surface area contributed by atoms with Gasteiger partial charge in [-0.3, -0.25) is 0 Å². The molecule has 0 N–H and O–H groups in total. The van der Waals surface area contributed by atoms with Crippen molar-refractivity contribution >= 4 is 7.85 Å². The Balaban J connectivity index is 2.11. The predicted molar refractivity (Wildman–Crippen MR) is 37.7 cm³/mol. The van der Waals surface area contributed by atoms with Crippen LogP contribution in [0.1, 0.15) is 25.7 Å². The Labute approximate surface area is 52.1 Å². The first-order chi connectivity index (χ1) is 3.86. The van der Waals surface area contributed by atoms with Crippen LogP contribution < -0.4 is 0 Å². The Kier molecular flexibility index (Phi) is 0.932. The average molecular weight is 108 g/mol. The van der Waals surface area contributed by atoms with E-state index in [1.54, 1.807) is 25.7 Å². The third-order valence-electron chi connectivity index (χ3n) is 3.09. The second-order valence-corrected chi connectivity index (χ2v) is 3.65. The summed E-state index contributed by atoms with van der Waals surface area (Å²) in [6.45, 7) is 0. The molecule has 0 saturated heterocycles. The van der Waals surface area contributed by atoms with E-state index in [1.807, 2.05) is 0 Å². The third-order valence-corrected chi connectivity index (χ3v) is 3.09. The summed E-state index contributed by atoms with van der Waals surface area (Å²) in [4.78, 5) is 0. The van der Waals surface area contributed by atoms with Crippen molar-refractivity contribution in [2.24, 2.45) is 11.8 Å². The SMILES string of the molecule is B[C@@H]1C[C@H]2CC[C@@H]1C2. The Morgan fingerprint density at radius 2 is 2.00 bits per heavy atom. The molecule has 0 aromatic carbocycles. The number of rotatable bonds is 0. The molecule has 0 aromatic rings. The molecule has 2 aliphatic carbocycles. The van der Waals surface area contributed by atoms with Crippen LogP contribution in [-0.4, -0.2) is 7.85 Å². The summed E-state index contributed by atoms with van der Waals surface area (Å²) in [6, 6.07) is 0. The fourth-order valence-corrected chi connectivity index (χ4v) is 2.56. The largest absolute Gasteiger partial charge is 0.105 e. The molecule has 1 heteroatoms. The summed E-state index contributed by atoms with van der Waals surface area (Å²) in [5.41, 5.74) is 0. The summed E-state index contributed by atoms with van der Waals surface area (Å²) < 4.78 is 0. The van der Waals surface area contributed by atoms with Crippen LogP contribution in [0.4, 0.5) is 0 Å². The monoisotopic (exact) mass is 108 g/mol. The highest BCUT2D eigenvalue weighted by molar-refractivity contribution is 6.12. The van der Waals surface area contributed by atoms with E-state index in [1.165, 1.54) is 0 Å². The molecule has 0 heterocycles. The minimum absolute atomic E-state index is 1.08. The topological polar surface area (TPSA) is 0 Å². The van der Waals surface area contributed by atoms with E-state index in [-0.39, 0.29) is 0 Å². The molecule has 0 aliphatic heterocycles. The van der Waals surface area contributed by atoms with Crippen molar-refractivity contribution in [1.29, 1.82) is 0 Å². The molecule has 0 amide bonds. The maximum absolute atomic E-state index is 2.42. The number of hydrogen-bond donors (Lipinski definition) is 0. The minimum atomic E-state index is 1.08. The van der Waals surface area contributed by atoms with Crippen LogP contribution in [0, 0.1) is 11.8 Å². The van der Waals surface area contributed by atoms with Gasteiger partial charge in [0.25, 0.3) is 0 Å². The summed E-state index contributed by atoms with van der Waals surface area (Å²) in [7, 11) is 2.42. The Morgan fingerprint density at radius 3 is 2.25 bits per heavy atom. The van der Waals surface area contributed by atoms with Crippen LogP contribution in [0.25, 0.3) is 0 Å². The highest BCUT2D eigenvalue weighted by Crippen LogP contribution is 2.49. The average Bonchev–Trinajstić information content (AvgIpc) is 2.23. The smallest absolute Gasteiger partial charge is 0.0667 e. The highest BCUT2D eigenvalue weighted by atomic mass is 14.4. The van der Waals surface area contributed by atoms with Crippen molar-refractivity contribution in [2.75, 3.05) is 0 Å². The lowest BCUT2D eigenvalue weighted by atomic mass is 9.75. The zero-order valence-electron chi connectivity index (χ0n) is 5.56. The molecular formula is C7H13B. The molecule has 2 aliphatic rings. The van der Waals surface area contributed by atoms with E-state index in [9.17, 15) is 0 Å². The Bertz CT molecular complexity index is 98.6. The van der Waals surface area contributed by atoms with Crippen molar-refractivity contribution in [2.45, 2.75) is 31.5 Å². The zero-order valence-corrected chi connectivity index (χ0v) is 5.56. The molecule has 3 atom stereocenters. The molecular weight excluding hydrogens is 94.9 g/mol. The van der Waals surface area contributed by atoms with Crippen molar-refractivity contribution in [3.8, 4) is 0 Å². The lowest BCUT2D eigenvalue weighted by molar-refractivity contribution is 0.480. The van der Waals surface area contributed by atoms with Gasteiger partial charge in [-0.2, -0.15) is 0 Å². The van der Waals surface area contributed by atoms with Gasteiger partial charge in [0.15, 0.2) is 0 Å². The van der Waals surface area contributed by atoms with Crippen molar-refractivity contribution in [1.82, 2.24) is 0 Å². The normalized spacial score (nSPS) is 52.8. The van der Waals surface area contributed by atoms with Gasteiger partial charge in [0.05, 0.1) is 0 Å². The Hall–Kier alpha value is 0.0649. The van der Waals surface area contributed by atoms with Crippen molar-refractivity contribution < 1.29 is 0 Å². The standard InChI is InChI=1S/C7H13B/c8-7-4-5-1-2-6(7)3-5/h5-7H,1-4,8H2/t5-,6+,7+/m0/s1. The van der Waals surface area contributed by atoms with E-state index in [0.717, 1.165) is 17.7 Å². The van der Waals surface area contributed by atoms with Crippen LogP contribution in [0.15, 0.2) is 0 Å². The molecule has 8 heavy (non-hydrogen) atoms. The zero-order chi connectivity index (χ0) is 5.56. The van der Waals surface area contributed by atoms with Crippen LogP contribution in [-0.2, 0) is 0 Å². The van der Waals surface area contributed by atoms with Crippen molar-refractivity contribution in [3.05, 3.63) is 0 Å². The number of fused-ring (bicyclic) bond motifs is 2. The first-order valence-corrected chi connectivity index (χ1v) is 3.86. The molecule has 2 bridgehead atoms.